The summed E-state index contributed by atoms with van der Waals surface area (Å²) in [5.41, 5.74) is 2.56. The van der Waals surface area contributed by atoms with Crippen molar-refractivity contribution >= 4 is 5.91 Å². The molecule has 1 aliphatic rings. The van der Waals surface area contributed by atoms with Crippen LogP contribution in [-0.2, 0) is 6.54 Å². The Balaban J connectivity index is 1.72. The van der Waals surface area contributed by atoms with E-state index in [2.05, 4.69) is 6.92 Å². The monoisotopic (exact) mass is 282 g/mol. The third-order valence-electron chi connectivity index (χ3n) is 3.40. The fourth-order valence-corrected chi connectivity index (χ4v) is 2.25. The van der Waals surface area contributed by atoms with Crippen LogP contribution >= 0.6 is 0 Å². The van der Waals surface area contributed by atoms with E-state index in [1.807, 2.05) is 30.3 Å². The summed E-state index contributed by atoms with van der Waals surface area (Å²) in [5, 5.41) is 0. The maximum absolute atomic E-state index is 12.3. The second kappa shape index (κ2) is 5.48. The van der Waals surface area contributed by atoms with Gasteiger partial charge in [0.25, 0.3) is 5.91 Å². The summed E-state index contributed by atoms with van der Waals surface area (Å²) in [7, 11) is 1.78. The van der Waals surface area contributed by atoms with E-state index >= 15 is 0 Å². The molecule has 0 unspecified atom stereocenters. The number of fused-ring (bicyclic) bond motifs is 1. The molecule has 1 heterocycles. The molecule has 0 spiro atoms. The van der Waals surface area contributed by atoms with Crippen LogP contribution in [0, 0.1) is 6.92 Å². The van der Waals surface area contributed by atoms with Crippen molar-refractivity contribution in [1.82, 2.24) is 4.90 Å². The summed E-state index contributed by atoms with van der Waals surface area (Å²) in [6.07, 6.45) is 0. The Morgan fingerprint density at radius 1 is 1.14 bits per heavy atom. The van der Waals surface area contributed by atoms with E-state index < -0.39 is 0 Å². The summed E-state index contributed by atoms with van der Waals surface area (Å²) < 4.78 is 10.6. The van der Waals surface area contributed by atoms with E-state index in [1.54, 1.807) is 24.1 Å². The minimum Gasteiger partial charge on any atom is -0.454 e. The summed E-state index contributed by atoms with van der Waals surface area (Å²) >= 11 is 0. The molecule has 0 N–H and O–H groups in total. The number of carbonyl (C=O) groups excluding carboxylic acids is 1. The van der Waals surface area contributed by atoms with Crippen molar-refractivity contribution in [3.05, 3.63) is 66.1 Å². The highest BCUT2D eigenvalue weighted by Crippen LogP contribution is 2.32. The second-order valence-corrected chi connectivity index (χ2v) is 5.05. The van der Waals surface area contributed by atoms with Crippen molar-refractivity contribution in [2.45, 2.75) is 6.54 Å². The fraction of sp³-hybridized carbons (Fsp3) is 0.176. The zero-order valence-electron chi connectivity index (χ0n) is 11.8. The van der Waals surface area contributed by atoms with Gasteiger partial charge in [-0.2, -0.15) is 0 Å². The largest absolute Gasteiger partial charge is 0.454 e. The van der Waals surface area contributed by atoms with Crippen LogP contribution in [0.15, 0.2) is 42.5 Å². The van der Waals surface area contributed by atoms with Gasteiger partial charge in [-0.15, -0.1) is 0 Å². The lowest BCUT2D eigenvalue weighted by Crippen LogP contribution is -2.26. The Hall–Kier alpha value is -2.49. The number of hydrogen-bond acceptors (Lipinski definition) is 3. The molecule has 107 valence electrons. The van der Waals surface area contributed by atoms with E-state index in [1.165, 1.54) is 0 Å². The molecule has 2 aromatic carbocycles. The number of carbonyl (C=O) groups is 1. The Bertz CT molecular complexity index is 664. The second-order valence-electron chi connectivity index (χ2n) is 5.05. The van der Waals surface area contributed by atoms with Crippen LogP contribution in [0.1, 0.15) is 21.5 Å². The highest BCUT2D eigenvalue weighted by Gasteiger charge is 2.16. The first kappa shape index (κ1) is 13.5. The van der Waals surface area contributed by atoms with Crippen molar-refractivity contribution in [3.8, 4) is 11.5 Å². The molecule has 4 nitrogen and oxygen atoms in total. The van der Waals surface area contributed by atoms with Gasteiger partial charge in [-0.1, -0.05) is 18.2 Å². The number of nitrogens with zero attached hydrogens (tertiary/aromatic N) is 1. The van der Waals surface area contributed by atoms with Gasteiger partial charge in [0.1, 0.15) is 0 Å². The first-order chi connectivity index (χ1) is 10.1. The van der Waals surface area contributed by atoms with Crippen LogP contribution in [0.2, 0.25) is 0 Å². The molecule has 1 amide bonds. The number of benzene rings is 2. The van der Waals surface area contributed by atoms with Crippen molar-refractivity contribution in [1.29, 1.82) is 0 Å². The summed E-state index contributed by atoms with van der Waals surface area (Å²) in [5.74, 6) is 1.46. The van der Waals surface area contributed by atoms with Crippen molar-refractivity contribution < 1.29 is 14.3 Å². The lowest BCUT2D eigenvalue weighted by atomic mass is 10.1. The zero-order chi connectivity index (χ0) is 14.8. The van der Waals surface area contributed by atoms with Gasteiger partial charge in [-0.3, -0.25) is 4.79 Å². The summed E-state index contributed by atoms with van der Waals surface area (Å²) in [6, 6.07) is 13.0. The van der Waals surface area contributed by atoms with E-state index in [0.29, 0.717) is 12.1 Å². The lowest BCUT2D eigenvalue weighted by Gasteiger charge is -2.17. The van der Waals surface area contributed by atoms with Crippen molar-refractivity contribution in [3.63, 3.8) is 0 Å². The maximum atomic E-state index is 12.3. The SMILES string of the molecule is [CH2]c1ccc(C(=O)N(C)Cc2ccc3c(c2)OCO3)cc1. The Kier molecular flexibility index (Phi) is 3.52. The molecule has 0 aromatic heterocycles. The standard InChI is InChI=1S/C17H16NO3/c1-12-3-6-14(7-4-12)17(19)18(2)10-13-5-8-15-16(9-13)21-11-20-15/h3-9H,1,10-11H2,2H3. The van der Waals surface area contributed by atoms with Crippen molar-refractivity contribution in [2.24, 2.45) is 0 Å². The zero-order valence-corrected chi connectivity index (χ0v) is 11.8. The van der Waals surface area contributed by atoms with Crippen LogP contribution < -0.4 is 9.47 Å². The maximum Gasteiger partial charge on any atom is 0.253 e. The molecule has 0 saturated heterocycles. The normalized spacial score (nSPS) is 12.3. The predicted octanol–water partition coefficient (Wildman–Crippen LogP) is 2.87. The number of amides is 1. The smallest absolute Gasteiger partial charge is 0.253 e. The van der Waals surface area contributed by atoms with Gasteiger partial charge in [-0.05, 0) is 42.3 Å². The summed E-state index contributed by atoms with van der Waals surface area (Å²) in [4.78, 5) is 14.0. The summed E-state index contributed by atoms with van der Waals surface area (Å²) in [6.45, 7) is 4.59. The first-order valence-electron chi connectivity index (χ1n) is 6.69. The van der Waals surface area contributed by atoms with Crippen LogP contribution in [0.3, 0.4) is 0 Å². The van der Waals surface area contributed by atoms with Crippen LogP contribution in [0.4, 0.5) is 0 Å². The topological polar surface area (TPSA) is 38.8 Å². The van der Waals surface area contributed by atoms with Gasteiger partial charge < -0.3 is 14.4 Å². The van der Waals surface area contributed by atoms with E-state index in [4.69, 9.17) is 9.47 Å². The van der Waals surface area contributed by atoms with Gasteiger partial charge in [0, 0.05) is 19.2 Å². The Morgan fingerprint density at radius 2 is 1.86 bits per heavy atom. The van der Waals surface area contributed by atoms with Crippen LogP contribution in [0.25, 0.3) is 0 Å². The third kappa shape index (κ3) is 2.84. The quantitative estimate of drug-likeness (QED) is 0.869. The van der Waals surface area contributed by atoms with Gasteiger partial charge in [-0.25, -0.2) is 0 Å². The lowest BCUT2D eigenvalue weighted by molar-refractivity contribution is 0.0785. The van der Waals surface area contributed by atoms with E-state index in [0.717, 1.165) is 22.6 Å². The molecule has 0 aliphatic carbocycles. The van der Waals surface area contributed by atoms with E-state index in [-0.39, 0.29) is 12.7 Å². The first-order valence-corrected chi connectivity index (χ1v) is 6.69. The molecule has 4 heteroatoms. The third-order valence-corrected chi connectivity index (χ3v) is 3.40. The molecular weight excluding hydrogens is 266 g/mol. The highest BCUT2D eigenvalue weighted by molar-refractivity contribution is 5.94. The molecular formula is C17H16NO3. The van der Waals surface area contributed by atoms with Crippen LogP contribution in [-0.4, -0.2) is 24.6 Å². The van der Waals surface area contributed by atoms with Crippen molar-refractivity contribution in [2.75, 3.05) is 13.8 Å². The number of rotatable bonds is 3. The van der Waals surface area contributed by atoms with Gasteiger partial charge in [0.2, 0.25) is 6.79 Å². The Morgan fingerprint density at radius 3 is 2.62 bits per heavy atom. The fourth-order valence-electron chi connectivity index (χ4n) is 2.25. The van der Waals surface area contributed by atoms with E-state index in [9.17, 15) is 4.79 Å². The molecule has 0 fully saturated rings. The van der Waals surface area contributed by atoms with Crippen LogP contribution in [0.5, 0.6) is 11.5 Å². The minimum absolute atomic E-state index is 0.0207. The molecule has 3 rings (SSSR count). The highest BCUT2D eigenvalue weighted by atomic mass is 16.7. The molecule has 0 atom stereocenters. The average Bonchev–Trinajstić information content (AvgIpc) is 2.95. The molecule has 21 heavy (non-hydrogen) atoms. The number of ether oxygens (including phenoxy) is 2. The molecule has 1 radical (unpaired) electrons. The van der Waals surface area contributed by atoms with Gasteiger partial charge in [0.05, 0.1) is 0 Å². The number of hydrogen-bond donors (Lipinski definition) is 0. The molecule has 2 aromatic rings. The predicted molar refractivity (Wildman–Crippen MR) is 79.3 cm³/mol. The molecule has 1 aliphatic heterocycles. The molecule has 0 saturated carbocycles. The average molecular weight is 282 g/mol. The Labute approximate surface area is 123 Å². The minimum atomic E-state index is -0.0207. The molecule has 0 bridgehead atoms. The van der Waals surface area contributed by atoms with Gasteiger partial charge >= 0.3 is 0 Å². The van der Waals surface area contributed by atoms with Gasteiger partial charge in [0.15, 0.2) is 11.5 Å².